The lowest BCUT2D eigenvalue weighted by molar-refractivity contribution is -0.0923. The molecule has 7 aromatic carbocycles. The highest BCUT2D eigenvalue weighted by molar-refractivity contribution is 6.12. The van der Waals surface area contributed by atoms with Crippen molar-refractivity contribution in [2.24, 2.45) is 0 Å². The number of hydrogen-bond acceptors (Lipinski definition) is 3. The summed E-state index contributed by atoms with van der Waals surface area (Å²) in [5.74, 6) is 0. The van der Waals surface area contributed by atoms with Crippen LogP contribution >= 0.6 is 0 Å². The number of rotatable bonds is 4. The lowest BCUT2D eigenvalue weighted by atomic mass is 9.96. The summed E-state index contributed by atoms with van der Waals surface area (Å²) in [6, 6.07) is 57.4. The predicted octanol–water partition coefficient (Wildman–Crippen LogP) is 10.7. The zero-order valence-electron chi connectivity index (χ0n) is 28.1. The van der Waals surface area contributed by atoms with Gasteiger partial charge >= 0.3 is 0 Å². The van der Waals surface area contributed by atoms with Crippen LogP contribution in [0.5, 0.6) is 0 Å². The maximum absolute atomic E-state index is 2.37. The van der Waals surface area contributed by atoms with E-state index in [1.54, 1.807) is 0 Å². The van der Waals surface area contributed by atoms with Crippen LogP contribution in [-0.4, -0.2) is 32.5 Å². The van der Waals surface area contributed by atoms with Gasteiger partial charge in [0, 0.05) is 46.1 Å². The summed E-state index contributed by atoms with van der Waals surface area (Å²) < 4.78 is 4.73. The first-order chi connectivity index (χ1) is 25.2. The Balaban J connectivity index is 1.01. The van der Waals surface area contributed by atoms with Crippen LogP contribution in [0.25, 0.3) is 76.8 Å². The van der Waals surface area contributed by atoms with Crippen molar-refractivity contribution >= 4 is 60.0 Å². The molecule has 2 aliphatic heterocycles. The fourth-order valence-corrected chi connectivity index (χ4v) is 8.48. The number of hydrazine groups is 2. The van der Waals surface area contributed by atoms with E-state index in [2.05, 4.69) is 208 Å². The molecule has 242 valence electrons. The Hall–Kier alpha value is -6.56. The van der Waals surface area contributed by atoms with Crippen molar-refractivity contribution in [1.29, 1.82) is 0 Å². The molecule has 0 bridgehead atoms. The number of likely N-dealkylation sites (N-methyl/N-ethyl adjacent to an activating group) is 1. The Morgan fingerprint density at radius 1 is 0.471 bits per heavy atom. The second kappa shape index (κ2) is 10.7. The maximum atomic E-state index is 2.37. The first-order valence-corrected chi connectivity index (χ1v) is 17.5. The molecule has 1 fully saturated rings. The molecule has 5 heteroatoms. The summed E-state index contributed by atoms with van der Waals surface area (Å²) in [6.45, 7) is 0. The van der Waals surface area contributed by atoms with Gasteiger partial charge in [-0.25, -0.2) is 9.69 Å². The molecule has 0 N–H and O–H groups in total. The molecule has 9 aromatic rings. The first-order valence-electron chi connectivity index (χ1n) is 17.5. The van der Waals surface area contributed by atoms with Gasteiger partial charge in [-0.05, 0) is 88.1 Å². The third-order valence-electron chi connectivity index (χ3n) is 10.8. The third-order valence-corrected chi connectivity index (χ3v) is 10.8. The van der Waals surface area contributed by atoms with Crippen molar-refractivity contribution in [2.45, 2.75) is 6.17 Å². The van der Waals surface area contributed by atoms with Crippen LogP contribution in [0.3, 0.4) is 0 Å². The van der Waals surface area contributed by atoms with Gasteiger partial charge in [-0.3, -0.25) is 0 Å². The summed E-state index contributed by atoms with van der Waals surface area (Å²) in [4.78, 5) is 0. The average molecular weight is 656 g/mol. The van der Waals surface area contributed by atoms with Gasteiger partial charge in [0.25, 0.3) is 0 Å². The molecule has 2 aromatic heterocycles. The highest BCUT2D eigenvalue weighted by Crippen LogP contribution is 2.42. The highest BCUT2D eigenvalue weighted by atomic mass is 16.1. The van der Waals surface area contributed by atoms with E-state index in [4.69, 9.17) is 0 Å². The van der Waals surface area contributed by atoms with Crippen molar-refractivity contribution in [3.63, 3.8) is 0 Å². The number of hydrogen-bond donors (Lipinski definition) is 0. The van der Waals surface area contributed by atoms with E-state index in [0.717, 1.165) is 0 Å². The van der Waals surface area contributed by atoms with E-state index < -0.39 is 0 Å². The van der Waals surface area contributed by atoms with E-state index in [-0.39, 0.29) is 6.17 Å². The van der Waals surface area contributed by atoms with E-state index >= 15 is 0 Å². The standard InChI is InChI=1S/C46H33N5/c1-47-46-37(35-22-21-31-12-5-6-13-32(31)28-35)18-11-27-48(46)51(47)50-44-20-10-8-17-39(44)41-30-34(24-26-45(41)50)33-23-25-43-40(29-33)38-16-7-9-19-42(38)49(43)36-14-3-2-4-15-36/h2-30,46H,1H3. The van der Waals surface area contributed by atoms with Crippen molar-refractivity contribution < 1.29 is 0 Å². The number of fused-ring (bicyclic) bond motifs is 8. The summed E-state index contributed by atoms with van der Waals surface area (Å²) >= 11 is 0. The molecule has 0 spiro atoms. The van der Waals surface area contributed by atoms with Crippen LogP contribution in [0, 0.1) is 0 Å². The van der Waals surface area contributed by atoms with E-state index in [1.165, 1.54) is 82.3 Å². The first kappa shape index (κ1) is 28.3. The Labute approximate surface area is 295 Å². The normalized spacial score (nSPS) is 16.0. The smallest absolute Gasteiger partial charge is 0.151 e. The second-order valence-electron chi connectivity index (χ2n) is 13.6. The van der Waals surface area contributed by atoms with Gasteiger partial charge in [-0.1, -0.05) is 109 Å². The maximum Gasteiger partial charge on any atom is 0.151 e. The molecule has 11 rings (SSSR count). The molecule has 0 aliphatic carbocycles. The van der Waals surface area contributed by atoms with Gasteiger partial charge in [0.15, 0.2) is 6.17 Å². The molecule has 51 heavy (non-hydrogen) atoms. The highest BCUT2D eigenvalue weighted by Gasteiger charge is 2.45. The van der Waals surface area contributed by atoms with Gasteiger partial charge < -0.3 is 4.57 Å². The lowest BCUT2D eigenvalue weighted by Crippen LogP contribution is -2.76. The number of benzene rings is 7. The van der Waals surface area contributed by atoms with Crippen LogP contribution in [0.15, 0.2) is 176 Å². The van der Waals surface area contributed by atoms with Gasteiger partial charge in [0.2, 0.25) is 0 Å². The van der Waals surface area contributed by atoms with Crippen LogP contribution < -0.4 is 5.23 Å². The molecule has 1 atom stereocenters. The van der Waals surface area contributed by atoms with Crippen LogP contribution in [0.4, 0.5) is 0 Å². The molecule has 2 aliphatic rings. The number of allylic oxidation sites excluding steroid dienone is 2. The average Bonchev–Trinajstić information content (AvgIpc) is 3.69. The van der Waals surface area contributed by atoms with Crippen LogP contribution in [0.1, 0.15) is 5.56 Å². The van der Waals surface area contributed by atoms with Crippen LogP contribution in [0.2, 0.25) is 0 Å². The summed E-state index contributed by atoms with van der Waals surface area (Å²) in [6.07, 6.45) is 6.70. The number of para-hydroxylation sites is 3. The summed E-state index contributed by atoms with van der Waals surface area (Å²) in [5.41, 5.74) is 10.9. The largest absolute Gasteiger partial charge is 0.309 e. The molecule has 0 saturated carbocycles. The SMILES string of the molecule is CN1C2C(c3ccc4ccccc4c3)=CC=CN2N1n1c2ccccc2c2cc(-c3ccc4c(c3)c3ccccc3n4-c3ccccc3)ccc21. The zero-order valence-corrected chi connectivity index (χ0v) is 28.1. The summed E-state index contributed by atoms with van der Waals surface area (Å²) in [7, 11) is 2.19. The molecule has 1 unspecified atom stereocenters. The molecular formula is C46H33N5. The minimum absolute atomic E-state index is 0.0939. The van der Waals surface area contributed by atoms with Gasteiger partial charge in [-0.2, -0.15) is 5.01 Å². The molecule has 0 amide bonds. The molecular weight excluding hydrogens is 623 g/mol. The molecule has 0 radical (unpaired) electrons. The Kier molecular flexibility index (Phi) is 5.95. The Morgan fingerprint density at radius 2 is 1.06 bits per heavy atom. The molecule has 1 saturated heterocycles. The fraction of sp³-hybridized carbons (Fsp3) is 0.0435. The second-order valence-corrected chi connectivity index (χ2v) is 13.6. The minimum atomic E-state index is 0.0939. The lowest BCUT2D eigenvalue weighted by Gasteiger charge is -2.59. The van der Waals surface area contributed by atoms with Gasteiger partial charge in [0.1, 0.15) is 0 Å². The van der Waals surface area contributed by atoms with E-state index in [0.29, 0.717) is 0 Å². The Bertz CT molecular complexity index is 2910. The fourth-order valence-electron chi connectivity index (χ4n) is 8.48. The molecule has 4 heterocycles. The van der Waals surface area contributed by atoms with Crippen LogP contribution in [-0.2, 0) is 0 Å². The molecule has 5 nitrogen and oxygen atoms in total. The van der Waals surface area contributed by atoms with Crippen molar-refractivity contribution in [2.75, 3.05) is 12.3 Å². The zero-order chi connectivity index (χ0) is 33.6. The number of nitrogens with zero attached hydrogens (tertiary/aromatic N) is 5. The van der Waals surface area contributed by atoms with Crippen molar-refractivity contribution in [3.8, 4) is 16.8 Å². The third kappa shape index (κ3) is 4.07. The van der Waals surface area contributed by atoms with Gasteiger partial charge in [-0.15, -0.1) is 5.23 Å². The number of aromatic nitrogens is 2. The predicted molar refractivity (Wildman–Crippen MR) is 212 cm³/mol. The van der Waals surface area contributed by atoms with E-state index in [1.807, 2.05) is 0 Å². The summed E-state index contributed by atoms with van der Waals surface area (Å²) in [5, 5.41) is 14.4. The monoisotopic (exact) mass is 655 g/mol. The topological polar surface area (TPSA) is 19.6 Å². The van der Waals surface area contributed by atoms with Gasteiger partial charge in [0.05, 0.1) is 22.1 Å². The quantitative estimate of drug-likeness (QED) is 0.188. The van der Waals surface area contributed by atoms with E-state index in [9.17, 15) is 0 Å². The Morgan fingerprint density at radius 3 is 1.86 bits per heavy atom. The van der Waals surface area contributed by atoms with Crippen molar-refractivity contribution in [1.82, 2.24) is 19.3 Å². The minimum Gasteiger partial charge on any atom is -0.309 e. The van der Waals surface area contributed by atoms with Crippen molar-refractivity contribution in [3.05, 3.63) is 182 Å².